The first-order valence-corrected chi connectivity index (χ1v) is 16.0. The zero-order valence-corrected chi connectivity index (χ0v) is 29.1. The van der Waals surface area contributed by atoms with Crippen LogP contribution in [0.1, 0.15) is 13.8 Å². The molecule has 0 aliphatic rings. The SMILES string of the molecule is CC(=O)/C=C(/C)O.[Ir].[c-]1ccc2ccccc2c1-c1nc2ccccc2s1.[c-]1ccc2ccccc2c1-c1nc2ccccc2s1. The van der Waals surface area contributed by atoms with Crippen LogP contribution in [0, 0.1) is 12.1 Å². The van der Waals surface area contributed by atoms with Gasteiger partial charge in [0.25, 0.3) is 0 Å². The van der Waals surface area contributed by atoms with Gasteiger partial charge >= 0.3 is 0 Å². The average Bonchev–Trinajstić information content (AvgIpc) is 3.69. The van der Waals surface area contributed by atoms with E-state index in [9.17, 15) is 4.79 Å². The molecule has 6 aromatic carbocycles. The van der Waals surface area contributed by atoms with Crippen molar-refractivity contribution in [2.75, 3.05) is 0 Å². The summed E-state index contributed by atoms with van der Waals surface area (Å²) in [4.78, 5) is 19.5. The van der Waals surface area contributed by atoms with E-state index in [4.69, 9.17) is 15.1 Å². The number of carbonyl (C=O) groups excluding carboxylic acids is 1. The summed E-state index contributed by atoms with van der Waals surface area (Å²) in [5.74, 6) is -0.0625. The first-order chi connectivity index (χ1) is 22.0. The van der Waals surface area contributed by atoms with Crippen molar-refractivity contribution >= 4 is 70.4 Å². The summed E-state index contributed by atoms with van der Waals surface area (Å²) in [5, 5.41) is 15.3. The van der Waals surface area contributed by atoms with Gasteiger partial charge in [-0.05, 0) is 38.1 Å². The second-order valence-corrected chi connectivity index (χ2v) is 12.3. The summed E-state index contributed by atoms with van der Waals surface area (Å²) in [5.41, 5.74) is 4.31. The standard InChI is InChI=1S/2C17H10NS.C5H8O2.Ir/c2*1-2-8-13-12(6-1)7-5-9-14(13)17-18-15-10-3-4-11-16(15)19-17;1-4(6)3-5(2)7;/h2*1-8,10-11H;3,6H,1-2H3;/q2*-1;;/b;;4-3-;. The molecule has 229 valence electrons. The van der Waals surface area contributed by atoms with Crippen LogP contribution in [0.15, 0.2) is 133 Å². The van der Waals surface area contributed by atoms with E-state index in [1.165, 1.54) is 50.9 Å². The number of allylic oxidation sites excluding steroid dienone is 2. The number of aromatic nitrogens is 2. The molecule has 46 heavy (non-hydrogen) atoms. The molecule has 4 nitrogen and oxygen atoms in total. The minimum absolute atomic E-state index is 0. The van der Waals surface area contributed by atoms with Crippen LogP contribution in [0.25, 0.3) is 63.1 Å². The molecule has 0 fully saturated rings. The molecule has 8 rings (SSSR count). The number of aliphatic hydroxyl groups excluding tert-OH is 1. The molecule has 0 bridgehead atoms. The summed E-state index contributed by atoms with van der Waals surface area (Å²) >= 11 is 3.45. The fourth-order valence-electron chi connectivity index (χ4n) is 4.93. The van der Waals surface area contributed by atoms with Gasteiger partial charge in [0, 0.05) is 45.6 Å². The Bertz CT molecular complexity index is 2080. The number of thiazole rings is 2. The summed E-state index contributed by atoms with van der Waals surface area (Å²) in [7, 11) is 0. The molecule has 0 saturated heterocycles. The van der Waals surface area contributed by atoms with Crippen molar-refractivity contribution in [3.63, 3.8) is 0 Å². The van der Waals surface area contributed by atoms with Crippen LogP contribution in [0.4, 0.5) is 0 Å². The van der Waals surface area contributed by atoms with Crippen LogP contribution in [0.3, 0.4) is 0 Å². The Morgan fingerprint density at radius 1 is 0.630 bits per heavy atom. The molecule has 2 aromatic heterocycles. The van der Waals surface area contributed by atoms with Gasteiger partial charge in [0.15, 0.2) is 5.78 Å². The summed E-state index contributed by atoms with van der Waals surface area (Å²) in [6.07, 6.45) is 1.17. The number of rotatable bonds is 3. The van der Waals surface area contributed by atoms with Crippen molar-refractivity contribution in [1.82, 2.24) is 9.97 Å². The molecule has 0 amide bonds. The molecular weight excluding hydrogens is 785 g/mol. The van der Waals surface area contributed by atoms with E-state index in [0.717, 1.165) is 32.2 Å². The smallest absolute Gasteiger partial charge is 0.155 e. The fourth-order valence-corrected chi connectivity index (χ4v) is 6.91. The molecule has 1 N–H and O–H groups in total. The van der Waals surface area contributed by atoms with E-state index >= 15 is 0 Å². The molecule has 0 atom stereocenters. The van der Waals surface area contributed by atoms with Gasteiger partial charge in [-0.15, -0.1) is 58.3 Å². The van der Waals surface area contributed by atoms with Gasteiger partial charge < -0.3 is 5.11 Å². The predicted molar refractivity (Wildman–Crippen MR) is 190 cm³/mol. The van der Waals surface area contributed by atoms with Gasteiger partial charge in [0.2, 0.25) is 0 Å². The molecule has 0 saturated carbocycles. The minimum Gasteiger partial charge on any atom is -0.512 e. The zero-order valence-electron chi connectivity index (χ0n) is 25.0. The predicted octanol–water partition coefficient (Wildman–Crippen LogP) is 10.9. The largest absolute Gasteiger partial charge is 0.512 e. The van der Waals surface area contributed by atoms with E-state index in [1.807, 2.05) is 24.3 Å². The Morgan fingerprint density at radius 2 is 1.04 bits per heavy atom. The Hall–Kier alpha value is -4.52. The quantitative estimate of drug-likeness (QED) is 0.110. The minimum atomic E-state index is -0.125. The third-order valence-electron chi connectivity index (χ3n) is 6.87. The number of nitrogens with zero attached hydrogens (tertiary/aromatic N) is 2. The molecular formula is C39H28IrN2O2S2-2. The van der Waals surface area contributed by atoms with Crippen molar-refractivity contribution in [2.45, 2.75) is 13.8 Å². The van der Waals surface area contributed by atoms with Crippen LogP contribution >= 0.6 is 22.7 Å². The number of ketones is 1. The Labute approximate surface area is 289 Å². The third-order valence-corrected chi connectivity index (χ3v) is 8.98. The average molecular weight is 813 g/mol. The van der Waals surface area contributed by atoms with Gasteiger partial charge in [-0.2, -0.15) is 22.7 Å². The Morgan fingerprint density at radius 3 is 1.43 bits per heavy atom. The number of benzene rings is 6. The number of hydrogen-bond acceptors (Lipinski definition) is 6. The Balaban J connectivity index is 0.000000149. The van der Waals surface area contributed by atoms with Gasteiger partial charge in [-0.3, -0.25) is 14.8 Å². The molecule has 0 spiro atoms. The van der Waals surface area contributed by atoms with Gasteiger partial charge in [-0.1, -0.05) is 83.6 Å². The molecule has 0 aliphatic carbocycles. The normalized spacial score (nSPS) is 11.0. The first kappa shape index (κ1) is 32.9. The van der Waals surface area contributed by atoms with Gasteiger partial charge in [0.1, 0.15) is 0 Å². The molecule has 1 radical (unpaired) electrons. The maximum Gasteiger partial charge on any atom is 0.155 e. The van der Waals surface area contributed by atoms with Crippen LogP contribution in [0.5, 0.6) is 0 Å². The van der Waals surface area contributed by atoms with E-state index in [-0.39, 0.29) is 31.6 Å². The van der Waals surface area contributed by atoms with E-state index in [2.05, 4.69) is 109 Å². The number of fused-ring (bicyclic) bond motifs is 4. The number of carbonyl (C=O) groups is 1. The van der Waals surface area contributed by atoms with Crippen molar-refractivity contribution in [1.29, 1.82) is 0 Å². The van der Waals surface area contributed by atoms with Crippen LogP contribution in [0.2, 0.25) is 0 Å². The summed E-state index contributed by atoms with van der Waals surface area (Å²) in [6, 6.07) is 48.1. The van der Waals surface area contributed by atoms with E-state index in [1.54, 1.807) is 22.7 Å². The topological polar surface area (TPSA) is 63.1 Å². The van der Waals surface area contributed by atoms with Gasteiger partial charge in [-0.25, -0.2) is 0 Å². The first-order valence-electron chi connectivity index (χ1n) is 14.3. The summed E-state index contributed by atoms with van der Waals surface area (Å²) < 4.78 is 2.44. The second-order valence-electron chi connectivity index (χ2n) is 10.2. The third kappa shape index (κ3) is 7.64. The van der Waals surface area contributed by atoms with Crippen LogP contribution in [-0.4, -0.2) is 20.9 Å². The molecule has 0 unspecified atom stereocenters. The summed E-state index contributed by atoms with van der Waals surface area (Å²) in [6.45, 7) is 2.85. The zero-order chi connectivity index (χ0) is 31.2. The van der Waals surface area contributed by atoms with Crippen LogP contribution in [-0.2, 0) is 24.9 Å². The maximum atomic E-state index is 10.0. The van der Waals surface area contributed by atoms with Crippen molar-refractivity contribution in [3.05, 3.63) is 145 Å². The number of hydrogen-bond donors (Lipinski definition) is 1. The molecule has 0 aliphatic heterocycles. The molecule has 7 heteroatoms. The molecule has 8 aromatic rings. The number of aliphatic hydroxyl groups is 1. The van der Waals surface area contributed by atoms with Crippen molar-refractivity contribution < 1.29 is 30.0 Å². The van der Waals surface area contributed by atoms with Crippen molar-refractivity contribution in [2.24, 2.45) is 0 Å². The van der Waals surface area contributed by atoms with Crippen molar-refractivity contribution in [3.8, 4) is 21.1 Å². The molecule has 2 heterocycles. The monoisotopic (exact) mass is 813 g/mol. The van der Waals surface area contributed by atoms with E-state index in [0.29, 0.717) is 0 Å². The maximum absolute atomic E-state index is 10.0. The van der Waals surface area contributed by atoms with E-state index < -0.39 is 0 Å². The second kappa shape index (κ2) is 15.2. The Kier molecular flexibility index (Phi) is 10.8. The van der Waals surface area contributed by atoms with Crippen LogP contribution < -0.4 is 0 Å². The number of para-hydroxylation sites is 2. The fraction of sp³-hybridized carbons (Fsp3) is 0.0513. The van der Waals surface area contributed by atoms with Gasteiger partial charge in [0.05, 0.1) is 16.8 Å².